The topological polar surface area (TPSA) is 111 Å². The normalized spacial score (nSPS) is 10.5. The summed E-state index contributed by atoms with van der Waals surface area (Å²) in [6, 6.07) is 34.9. The average Bonchev–Trinajstić information content (AvgIpc) is 3.08. The Hall–Kier alpha value is -6.02. The summed E-state index contributed by atoms with van der Waals surface area (Å²) in [6.07, 6.45) is 0. The molecule has 0 radical (unpaired) electrons. The zero-order chi connectivity index (χ0) is 32.5. The van der Waals surface area contributed by atoms with Gasteiger partial charge in [-0.3, -0.25) is 19.2 Å². The molecular weight excluding hydrogens is 580 g/mol. The fraction of sp³-hybridized carbons (Fsp3) is 0.105. The number of nitrogens with one attached hydrogen (secondary N) is 2. The van der Waals surface area contributed by atoms with Crippen molar-refractivity contribution in [3.05, 3.63) is 155 Å². The van der Waals surface area contributed by atoms with Gasteiger partial charge in [-0.25, -0.2) is 0 Å². The molecule has 230 valence electrons. The quantitative estimate of drug-likeness (QED) is 0.150. The monoisotopic (exact) mass is 612 g/mol. The largest absolute Gasteiger partial charge is 0.483 e. The Morgan fingerprint density at radius 3 is 1.22 bits per heavy atom. The minimum atomic E-state index is -0.428. The highest BCUT2D eigenvalue weighted by Gasteiger charge is 2.15. The van der Waals surface area contributed by atoms with Crippen molar-refractivity contribution in [3.63, 3.8) is 0 Å². The van der Waals surface area contributed by atoms with Crippen LogP contribution >= 0.6 is 0 Å². The third kappa shape index (κ3) is 7.92. The van der Waals surface area contributed by atoms with E-state index in [-0.39, 0.29) is 24.8 Å². The number of anilines is 2. The van der Waals surface area contributed by atoms with Crippen molar-refractivity contribution >= 4 is 34.8 Å². The van der Waals surface area contributed by atoms with Crippen molar-refractivity contribution < 1.29 is 28.7 Å². The Bertz CT molecular complexity index is 1750. The van der Waals surface area contributed by atoms with E-state index in [2.05, 4.69) is 10.6 Å². The zero-order valence-corrected chi connectivity index (χ0v) is 25.4. The van der Waals surface area contributed by atoms with E-state index in [1.165, 1.54) is 0 Å². The second-order valence-electron chi connectivity index (χ2n) is 10.6. The smallest absolute Gasteiger partial charge is 0.262 e. The maximum Gasteiger partial charge on any atom is 0.262 e. The number of rotatable bonds is 12. The van der Waals surface area contributed by atoms with Crippen LogP contribution in [0.5, 0.6) is 11.5 Å². The first-order chi connectivity index (χ1) is 22.3. The summed E-state index contributed by atoms with van der Waals surface area (Å²) < 4.78 is 11.5. The molecule has 5 aromatic carbocycles. The lowest BCUT2D eigenvalue weighted by atomic mass is 10.0. The highest BCUT2D eigenvalue weighted by Crippen LogP contribution is 2.24. The molecular formula is C38H32N2O6. The van der Waals surface area contributed by atoms with Gasteiger partial charge in [0.15, 0.2) is 24.8 Å². The summed E-state index contributed by atoms with van der Waals surface area (Å²) in [5.41, 5.74) is 4.46. The number of aryl methyl sites for hydroxylation is 2. The second-order valence-corrected chi connectivity index (χ2v) is 10.6. The summed E-state index contributed by atoms with van der Waals surface area (Å²) in [6.45, 7) is 3.06. The van der Waals surface area contributed by atoms with Crippen LogP contribution in [-0.4, -0.2) is 36.6 Å². The molecule has 0 spiro atoms. The minimum Gasteiger partial charge on any atom is -0.483 e. The van der Waals surface area contributed by atoms with Crippen molar-refractivity contribution in [1.82, 2.24) is 0 Å². The lowest BCUT2D eigenvalue weighted by molar-refractivity contribution is -0.119. The fourth-order valence-corrected chi connectivity index (χ4v) is 4.78. The number of ketones is 2. The van der Waals surface area contributed by atoms with Crippen LogP contribution in [0.3, 0.4) is 0 Å². The van der Waals surface area contributed by atoms with Crippen LogP contribution < -0.4 is 20.1 Å². The summed E-state index contributed by atoms with van der Waals surface area (Å²) in [5, 5.41) is 5.53. The standard InChI is InChI=1S/C38H32N2O6/c1-25-21-29(37(43)27-11-5-3-6-12-27)17-19-33(25)45-23-35(41)39-31-15-9-10-16-32(31)40-36(42)24-46-34-20-18-30(22-26(34)2)38(44)28-13-7-4-8-14-28/h3-22H,23-24H2,1-2H3,(H,39,41)(H,40,42). The minimum absolute atomic E-state index is 0.0968. The molecule has 0 bridgehead atoms. The van der Waals surface area contributed by atoms with E-state index in [1.54, 1.807) is 84.9 Å². The SMILES string of the molecule is Cc1cc(C(=O)c2ccccc2)ccc1OCC(=O)Nc1ccccc1NC(=O)COc1ccc(C(=O)c2ccccc2)cc1C. The number of ether oxygens (including phenoxy) is 2. The van der Waals surface area contributed by atoms with Gasteiger partial charge in [-0.15, -0.1) is 0 Å². The van der Waals surface area contributed by atoms with E-state index < -0.39 is 11.8 Å². The molecule has 2 N–H and O–H groups in total. The maximum atomic E-state index is 12.8. The van der Waals surface area contributed by atoms with Crippen LogP contribution in [0.15, 0.2) is 121 Å². The molecule has 8 nitrogen and oxygen atoms in total. The van der Waals surface area contributed by atoms with Crippen LogP contribution in [0, 0.1) is 13.8 Å². The Kier molecular flexibility index (Phi) is 9.99. The van der Waals surface area contributed by atoms with E-state index in [4.69, 9.17) is 9.47 Å². The molecule has 0 aliphatic carbocycles. The summed E-state index contributed by atoms with van der Waals surface area (Å²) in [4.78, 5) is 51.0. The predicted octanol–water partition coefficient (Wildman–Crippen LogP) is 6.80. The number of carbonyl (C=O) groups is 4. The van der Waals surface area contributed by atoms with Crippen LogP contribution in [0.4, 0.5) is 11.4 Å². The number of hydrogen-bond acceptors (Lipinski definition) is 6. The fourth-order valence-electron chi connectivity index (χ4n) is 4.78. The zero-order valence-electron chi connectivity index (χ0n) is 25.4. The van der Waals surface area contributed by atoms with E-state index >= 15 is 0 Å². The maximum absolute atomic E-state index is 12.8. The molecule has 0 fully saturated rings. The van der Waals surface area contributed by atoms with Gasteiger partial charge in [-0.05, 0) is 73.5 Å². The van der Waals surface area contributed by atoms with Gasteiger partial charge >= 0.3 is 0 Å². The molecule has 0 saturated heterocycles. The Labute approximate surface area is 267 Å². The molecule has 46 heavy (non-hydrogen) atoms. The first-order valence-corrected chi connectivity index (χ1v) is 14.6. The summed E-state index contributed by atoms with van der Waals surface area (Å²) >= 11 is 0. The Morgan fingerprint density at radius 2 is 0.848 bits per heavy atom. The third-order valence-corrected chi connectivity index (χ3v) is 7.14. The van der Waals surface area contributed by atoms with Gasteiger partial charge in [0, 0.05) is 22.3 Å². The van der Waals surface area contributed by atoms with Crippen LogP contribution in [0.25, 0.3) is 0 Å². The molecule has 5 rings (SSSR count). The Morgan fingerprint density at radius 1 is 0.478 bits per heavy atom. The van der Waals surface area contributed by atoms with Gasteiger partial charge in [-0.2, -0.15) is 0 Å². The molecule has 0 saturated carbocycles. The van der Waals surface area contributed by atoms with E-state index in [1.807, 2.05) is 50.2 Å². The molecule has 0 aliphatic rings. The van der Waals surface area contributed by atoms with Crippen LogP contribution in [0.2, 0.25) is 0 Å². The molecule has 0 aromatic heterocycles. The first-order valence-electron chi connectivity index (χ1n) is 14.6. The van der Waals surface area contributed by atoms with E-state index in [0.29, 0.717) is 45.1 Å². The van der Waals surface area contributed by atoms with Crippen molar-refractivity contribution in [1.29, 1.82) is 0 Å². The molecule has 0 aliphatic heterocycles. The number of carbonyl (C=O) groups excluding carboxylic acids is 4. The van der Waals surface area contributed by atoms with Crippen molar-refractivity contribution in [3.8, 4) is 11.5 Å². The molecule has 0 unspecified atom stereocenters. The highest BCUT2D eigenvalue weighted by molar-refractivity contribution is 6.09. The van der Waals surface area contributed by atoms with Crippen molar-refractivity contribution in [2.75, 3.05) is 23.8 Å². The summed E-state index contributed by atoms with van der Waals surface area (Å²) in [5.74, 6) is -0.0940. The number of para-hydroxylation sites is 2. The molecule has 5 aromatic rings. The lowest BCUT2D eigenvalue weighted by Gasteiger charge is -2.14. The van der Waals surface area contributed by atoms with Crippen LogP contribution in [0.1, 0.15) is 43.0 Å². The van der Waals surface area contributed by atoms with Gasteiger partial charge in [0.1, 0.15) is 11.5 Å². The Balaban J connectivity index is 1.14. The van der Waals surface area contributed by atoms with Crippen molar-refractivity contribution in [2.45, 2.75) is 13.8 Å². The molecule has 0 atom stereocenters. The molecule has 2 amide bonds. The third-order valence-electron chi connectivity index (χ3n) is 7.14. The number of amides is 2. The first kappa shape index (κ1) is 31.4. The van der Waals surface area contributed by atoms with E-state index in [9.17, 15) is 19.2 Å². The predicted molar refractivity (Wildman–Crippen MR) is 177 cm³/mol. The lowest BCUT2D eigenvalue weighted by Crippen LogP contribution is -2.24. The van der Waals surface area contributed by atoms with Gasteiger partial charge in [0.2, 0.25) is 0 Å². The van der Waals surface area contributed by atoms with Gasteiger partial charge in [0.05, 0.1) is 11.4 Å². The number of benzene rings is 5. The average molecular weight is 613 g/mol. The highest BCUT2D eigenvalue weighted by atomic mass is 16.5. The molecule has 8 heteroatoms. The van der Waals surface area contributed by atoms with Crippen molar-refractivity contribution in [2.24, 2.45) is 0 Å². The van der Waals surface area contributed by atoms with Gasteiger partial charge in [0.25, 0.3) is 11.8 Å². The second kappa shape index (κ2) is 14.6. The molecule has 0 heterocycles. The summed E-state index contributed by atoms with van der Waals surface area (Å²) in [7, 11) is 0. The van der Waals surface area contributed by atoms with Gasteiger partial charge < -0.3 is 20.1 Å². The van der Waals surface area contributed by atoms with Gasteiger partial charge in [-0.1, -0.05) is 72.8 Å². The van der Waals surface area contributed by atoms with E-state index in [0.717, 1.165) is 11.1 Å². The number of hydrogen-bond donors (Lipinski definition) is 2. The van der Waals surface area contributed by atoms with Crippen LogP contribution in [-0.2, 0) is 9.59 Å².